The van der Waals surface area contributed by atoms with Crippen LogP contribution in [0.15, 0.2) is 29.6 Å². The van der Waals surface area contributed by atoms with E-state index in [1.165, 1.54) is 4.88 Å². The van der Waals surface area contributed by atoms with E-state index >= 15 is 0 Å². The normalized spacial score (nSPS) is 13.8. The zero-order valence-electron chi connectivity index (χ0n) is 11.3. The van der Waals surface area contributed by atoms with Gasteiger partial charge in [-0.3, -0.25) is 4.79 Å². The summed E-state index contributed by atoms with van der Waals surface area (Å²) in [6.45, 7) is 0.814. The molecule has 1 aliphatic heterocycles. The number of hydrogen-bond donors (Lipinski definition) is 2. The summed E-state index contributed by atoms with van der Waals surface area (Å²) in [6.07, 6.45) is 1.30. The number of amides is 1. The van der Waals surface area contributed by atoms with Crippen LogP contribution in [0.4, 0.5) is 17.1 Å². The molecule has 2 aromatic rings. The topological polar surface area (TPSA) is 58.4 Å². The number of nitrogen functional groups attached to an aromatic ring is 1. The van der Waals surface area contributed by atoms with Gasteiger partial charge >= 0.3 is 0 Å². The number of carbonyl (C=O) groups excluding carboxylic acids is 1. The molecule has 1 aliphatic rings. The van der Waals surface area contributed by atoms with Crippen molar-refractivity contribution < 1.29 is 4.79 Å². The Hall–Kier alpha value is -2.01. The molecule has 3 N–H and O–H groups in total. The molecule has 1 amide bonds. The Morgan fingerprint density at radius 3 is 3.00 bits per heavy atom. The minimum absolute atomic E-state index is 0.0779. The molecule has 0 radical (unpaired) electrons. The lowest BCUT2D eigenvalue weighted by atomic mass is 10.0. The molecule has 0 saturated carbocycles. The van der Waals surface area contributed by atoms with Crippen molar-refractivity contribution in [1.29, 1.82) is 0 Å². The molecule has 3 rings (SSSR count). The Balaban J connectivity index is 1.89. The number of rotatable bonds is 3. The maximum absolute atomic E-state index is 11.5. The number of aryl methyl sites for hydroxylation is 1. The van der Waals surface area contributed by atoms with Crippen LogP contribution < -0.4 is 16.0 Å². The molecule has 0 fully saturated rings. The molecule has 5 heteroatoms. The highest BCUT2D eigenvalue weighted by Crippen LogP contribution is 2.33. The number of nitrogens with zero attached hydrogens (tertiary/aromatic N) is 1. The van der Waals surface area contributed by atoms with Crippen molar-refractivity contribution in [2.24, 2.45) is 0 Å². The van der Waals surface area contributed by atoms with E-state index in [4.69, 9.17) is 5.73 Å². The summed E-state index contributed by atoms with van der Waals surface area (Å²) in [4.78, 5) is 14.9. The fourth-order valence-electron chi connectivity index (χ4n) is 2.49. The van der Waals surface area contributed by atoms with Gasteiger partial charge in [0.15, 0.2) is 0 Å². The van der Waals surface area contributed by atoms with Crippen LogP contribution >= 0.6 is 11.3 Å². The number of thiophene rings is 1. The second-order valence-electron chi connectivity index (χ2n) is 5.05. The van der Waals surface area contributed by atoms with Gasteiger partial charge in [-0.25, -0.2) is 0 Å². The smallest absolute Gasteiger partial charge is 0.224 e. The maximum atomic E-state index is 11.5. The van der Waals surface area contributed by atoms with Crippen LogP contribution in [0.25, 0.3) is 0 Å². The molecule has 1 aromatic heterocycles. The highest BCUT2D eigenvalue weighted by atomic mass is 32.1. The third-order valence-corrected chi connectivity index (χ3v) is 4.39. The van der Waals surface area contributed by atoms with Crippen LogP contribution in [0, 0.1) is 0 Å². The first-order valence-corrected chi connectivity index (χ1v) is 7.47. The lowest BCUT2D eigenvalue weighted by Gasteiger charge is -2.24. The van der Waals surface area contributed by atoms with Crippen molar-refractivity contribution >= 4 is 34.3 Å². The summed E-state index contributed by atoms with van der Waals surface area (Å²) in [5.74, 6) is 0.0779. The maximum Gasteiger partial charge on any atom is 0.224 e. The van der Waals surface area contributed by atoms with Crippen molar-refractivity contribution in [1.82, 2.24) is 0 Å². The molecular weight excluding hydrogens is 270 g/mol. The standard InChI is InChI=1S/C15H17N3OS/c1-18(9-11-3-2-6-20-11)14-8-13-10(7-12(14)16)4-5-15(19)17-13/h2-3,6-8H,4-5,9,16H2,1H3,(H,17,19). The number of benzene rings is 1. The number of anilines is 3. The Kier molecular flexibility index (Phi) is 3.36. The van der Waals surface area contributed by atoms with E-state index in [2.05, 4.69) is 21.7 Å². The fourth-order valence-corrected chi connectivity index (χ4v) is 3.25. The largest absolute Gasteiger partial charge is 0.397 e. The Labute approximate surface area is 122 Å². The molecule has 1 aromatic carbocycles. The summed E-state index contributed by atoms with van der Waals surface area (Å²) < 4.78 is 0. The highest BCUT2D eigenvalue weighted by Gasteiger charge is 2.18. The van der Waals surface area contributed by atoms with Gasteiger partial charge in [-0.2, -0.15) is 0 Å². The second kappa shape index (κ2) is 5.17. The van der Waals surface area contributed by atoms with E-state index in [1.54, 1.807) is 11.3 Å². The Morgan fingerprint density at radius 2 is 2.25 bits per heavy atom. The van der Waals surface area contributed by atoms with Crippen molar-refractivity contribution in [2.75, 3.05) is 23.0 Å². The van der Waals surface area contributed by atoms with E-state index in [0.717, 1.165) is 35.6 Å². The predicted octanol–water partition coefficient (Wildman–Crippen LogP) is 2.85. The lowest BCUT2D eigenvalue weighted by molar-refractivity contribution is -0.116. The van der Waals surface area contributed by atoms with Crippen LogP contribution in [-0.2, 0) is 17.8 Å². The van der Waals surface area contributed by atoms with Gasteiger partial charge in [0.2, 0.25) is 5.91 Å². The minimum atomic E-state index is 0.0779. The number of carbonyl (C=O) groups is 1. The van der Waals surface area contributed by atoms with E-state index in [-0.39, 0.29) is 5.91 Å². The SMILES string of the molecule is CN(Cc1cccs1)c1cc2c(cc1N)CCC(=O)N2. The van der Waals surface area contributed by atoms with E-state index in [1.807, 2.05) is 25.2 Å². The predicted molar refractivity (Wildman–Crippen MR) is 84.2 cm³/mol. The summed E-state index contributed by atoms with van der Waals surface area (Å²) in [6, 6.07) is 8.12. The van der Waals surface area contributed by atoms with Gasteiger partial charge in [0.05, 0.1) is 17.9 Å². The van der Waals surface area contributed by atoms with Gasteiger partial charge in [0.1, 0.15) is 0 Å². The van der Waals surface area contributed by atoms with Crippen LogP contribution in [0.1, 0.15) is 16.9 Å². The van der Waals surface area contributed by atoms with Gasteiger partial charge in [-0.15, -0.1) is 11.3 Å². The average Bonchev–Trinajstić information content (AvgIpc) is 2.91. The molecule has 2 heterocycles. The van der Waals surface area contributed by atoms with E-state index < -0.39 is 0 Å². The lowest BCUT2D eigenvalue weighted by Crippen LogP contribution is -2.22. The molecule has 0 saturated heterocycles. The summed E-state index contributed by atoms with van der Waals surface area (Å²) in [7, 11) is 2.02. The van der Waals surface area contributed by atoms with Crippen molar-refractivity contribution in [3.8, 4) is 0 Å². The first-order valence-electron chi connectivity index (χ1n) is 6.59. The highest BCUT2D eigenvalue weighted by molar-refractivity contribution is 7.09. The zero-order chi connectivity index (χ0) is 14.1. The molecular formula is C15H17N3OS. The minimum Gasteiger partial charge on any atom is -0.397 e. The van der Waals surface area contributed by atoms with E-state index in [9.17, 15) is 4.79 Å². The molecule has 20 heavy (non-hydrogen) atoms. The molecule has 0 spiro atoms. The van der Waals surface area contributed by atoms with E-state index in [0.29, 0.717) is 6.42 Å². The fraction of sp³-hybridized carbons (Fsp3) is 0.267. The molecule has 4 nitrogen and oxygen atoms in total. The number of fused-ring (bicyclic) bond motifs is 1. The van der Waals surface area contributed by atoms with Crippen molar-refractivity contribution in [3.05, 3.63) is 40.1 Å². The third-order valence-electron chi connectivity index (χ3n) is 3.53. The first kappa shape index (κ1) is 13.0. The summed E-state index contributed by atoms with van der Waals surface area (Å²) >= 11 is 1.73. The molecule has 0 aliphatic carbocycles. The number of nitrogens with two attached hydrogens (primary N) is 1. The van der Waals surface area contributed by atoms with Crippen molar-refractivity contribution in [2.45, 2.75) is 19.4 Å². The van der Waals surface area contributed by atoms with Gasteiger partial charge in [-0.1, -0.05) is 6.07 Å². The Bertz CT molecular complexity index is 637. The van der Waals surface area contributed by atoms with Crippen LogP contribution in [0.3, 0.4) is 0 Å². The van der Waals surface area contributed by atoms with Gasteiger partial charge in [-0.05, 0) is 35.6 Å². The third kappa shape index (κ3) is 2.49. The monoisotopic (exact) mass is 287 g/mol. The van der Waals surface area contributed by atoms with Crippen molar-refractivity contribution in [3.63, 3.8) is 0 Å². The van der Waals surface area contributed by atoms with Crippen LogP contribution in [0.5, 0.6) is 0 Å². The zero-order valence-corrected chi connectivity index (χ0v) is 12.2. The summed E-state index contributed by atoms with van der Waals surface area (Å²) in [5, 5.41) is 4.99. The number of hydrogen-bond acceptors (Lipinski definition) is 4. The Morgan fingerprint density at radius 1 is 1.40 bits per heavy atom. The first-order chi connectivity index (χ1) is 9.63. The molecule has 0 bridgehead atoms. The van der Waals surface area contributed by atoms with Crippen LogP contribution in [-0.4, -0.2) is 13.0 Å². The molecule has 104 valence electrons. The average molecular weight is 287 g/mol. The summed E-state index contributed by atoms with van der Waals surface area (Å²) in [5.41, 5.74) is 9.89. The second-order valence-corrected chi connectivity index (χ2v) is 6.08. The molecule has 0 unspecified atom stereocenters. The number of nitrogens with one attached hydrogen (secondary N) is 1. The van der Waals surface area contributed by atoms with Gasteiger partial charge in [0, 0.05) is 24.0 Å². The van der Waals surface area contributed by atoms with Gasteiger partial charge in [0.25, 0.3) is 0 Å². The van der Waals surface area contributed by atoms with Crippen LogP contribution in [0.2, 0.25) is 0 Å². The van der Waals surface area contributed by atoms with Gasteiger partial charge < -0.3 is 16.0 Å². The molecule has 0 atom stereocenters. The quantitative estimate of drug-likeness (QED) is 0.853.